The molecule has 2 aliphatic heterocycles. The smallest absolute Gasteiger partial charge is 0.262 e. The highest BCUT2D eigenvalue weighted by atomic mass is 16.5. The van der Waals surface area contributed by atoms with Crippen molar-refractivity contribution in [1.82, 2.24) is 10.2 Å². The summed E-state index contributed by atoms with van der Waals surface area (Å²) in [5.41, 5.74) is 0.735. The van der Waals surface area contributed by atoms with Crippen LogP contribution in [-0.4, -0.2) is 76.6 Å². The Hall–Kier alpha value is -2.60. The molecule has 0 aliphatic carbocycles. The van der Waals surface area contributed by atoms with Crippen LogP contribution < -0.4 is 14.8 Å². The van der Waals surface area contributed by atoms with Gasteiger partial charge < -0.3 is 24.3 Å². The van der Waals surface area contributed by atoms with Gasteiger partial charge in [0.15, 0.2) is 11.5 Å². The van der Waals surface area contributed by atoms with E-state index >= 15 is 0 Å². The molecule has 8 heteroatoms. The van der Waals surface area contributed by atoms with E-state index in [2.05, 4.69) is 10.2 Å². The van der Waals surface area contributed by atoms with E-state index in [-0.39, 0.29) is 11.7 Å². The van der Waals surface area contributed by atoms with E-state index in [0.717, 1.165) is 52.3 Å². The van der Waals surface area contributed by atoms with E-state index in [9.17, 15) is 10.1 Å². The summed E-state index contributed by atoms with van der Waals surface area (Å²) in [4.78, 5) is 14.6. The second kappa shape index (κ2) is 11.6. The molecule has 2 saturated heterocycles. The summed E-state index contributed by atoms with van der Waals surface area (Å²) in [7, 11) is 1.58. The zero-order valence-electron chi connectivity index (χ0n) is 17.4. The van der Waals surface area contributed by atoms with Crippen molar-refractivity contribution in [3.05, 3.63) is 29.3 Å². The van der Waals surface area contributed by atoms with Crippen molar-refractivity contribution in [2.24, 2.45) is 0 Å². The Labute approximate surface area is 177 Å². The summed E-state index contributed by atoms with van der Waals surface area (Å²) >= 11 is 0. The molecule has 2 heterocycles. The normalized spacial score (nSPS) is 19.9. The van der Waals surface area contributed by atoms with E-state index in [0.29, 0.717) is 30.2 Å². The fourth-order valence-electron chi connectivity index (χ4n) is 3.43. The number of hydrogen-bond donors (Lipinski definition) is 1. The third-order valence-corrected chi connectivity index (χ3v) is 5.15. The maximum absolute atomic E-state index is 12.4. The molecule has 1 aromatic rings. The maximum atomic E-state index is 12.4. The molecule has 2 aliphatic rings. The summed E-state index contributed by atoms with van der Waals surface area (Å²) in [5, 5.41) is 12.2. The number of hydrogen-bond acceptors (Lipinski definition) is 7. The van der Waals surface area contributed by atoms with Crippen molar-refractivity contribution in [3.63, 3.8) is 0 Å². The zero-order chi connectivity index (χ0) is 21.2. The number of carbonyl (C=O) groups is 1. The summed E-state index contributed by atoms with van der Waals surface area (Å²) in [6.45, 7) is 5.73. The van der Waals surface area contributed by atoms with Crippen molar-refractivity contribution in [1.29, 1.82) is 5.26 Å². The molecule has 1 atom stereocenters. The van der Waals surface area contributed by atoms with Gasteiger partial charge in [-0.1, -0.05) is 6.07 Å². The Kier molecular flexibility index (Phi) is 8.51. The lowest BCUT2D eigenvalue weighted by atomic mass is 10.1. The van der Waals surface area contributed by atoms with Crippen LogP contribution in [0.5, 0.6) is 11.5 Å². The average molecular weight is 415 g/mol. The summed E-state index contributed by atoms with van der Waals surface area (Å²) in [6, 6.07) is 7.32. The van der Waals surface area contributed by atoms with Crippen LogP contribution in [-0.2, 0) is 14.3 Å². The predicted molar refractivity (Wildman–Crippen MR) is 111 cm³/mol. The van der Waals surface area contributed by atoms with Gasteiger partial charge in [-0.3, -0.25) is 9.69 Å². The molecular weight excluding hydrogens is 386 g/mol. The van der Waals surface area contributed by atoms with Gasteiger partial charge in [-0.25, -0.2) is 0 Å². The van der Waals surface area contributed by atoms with E-state index in [1.807, 2.05) is 6.07 Å². The molecule has 8 nitrogen and oxygen atoms in total. The third-order valence-electron chi connectivity index (χ3n) is 5.15. The van der Waals surface area contributed by atoms with E-state index in [4.69, 9.17) is 18.9 Å². The first-order valence-corrected chi connectivity index (χ1v) is 10.3. The Morgan fingerprint density at radius 2 is 2.17 bits per heavy atom. The summed E-state index contributed by atoms with van der Waals surface area (Å²) < 4.78 is 22.2. The van der Waals surface area contributed by atoms with Gasteiger partial charge in [-0.15, -0.1) is 0 Å². The van der Waals surface area contributed by atoms with Crippen LogP contribution in [0.1, 0.15) is 18.4 Å². The number of carbonyl (C=O) groups excluding carboxylic acids is 1. The van der Waals surface area contributed by atoms with Crippen LogP contribution >= 0.6 is 0 Å². The van der Waals surface area contributed by atoms with E-state index in [1.165, 1.54) is 0 Å². The second-order valence-electron chi connectivity index (χ2n) is 7.23. The number of nitrogens with zero attached hydrogens (tertiary/aromatic N) is 2. The van der Waals surface area contributed by atoms with Crippen LogP contribution in [0.25, 0.3) is 6.08 Å². The van der Waals surface area contributed by atoms with Crippen molar-refractivity contribution in [3.8, 4) is 17.6 Å². The molecule has 0 bridgehead atoms. The fourth-order valence-corrected chi connectivity index (χ4v) is 3.43. The molecule has 30 heavy (non-hydrogen) atoms. The molecule has 162 valence electrons. The molecule has 1 aromatic carbocycles. The minimum Gasteiger partial charge on any atom is -0.493 e. The molecule has 0 spiro atoms. The molecule has 3 rings (SSSR count). The highest BCUT2D eigenvalue weighted by Crippen LogP contribution is 2.29. The third kappa shape index (κ3) is 6.46. The lowest BCUT2D eigenvalue weighted by molar-refractivity contribution is -0.117. The second-order valence-corrected chi connectivity index (χ2v) is 7.23. The quantitative estimate of drug-likeness (QED) is 0.484. The highest BCUT2D eigenvalue weighted by molar-refractivity contribution is 6.01. The molecule has 1 N–H and O–H groups in total. The first-order chi connectivity index (χ1) is 14.7. The molecule has 0 aromatic heterocycles. The minimum absolute atomic E-state index is 0.0290. The number of benzene rings is 1. The number of morpholine rings is 1. The SMILES string of the molecule is COc1ccc(/C=C(\C#N)C(=O)NC[C@H]2CCCO2)cc1OCCN1CCOCC1. The van der Waals surface area contributed by atoms with E-state index < -0.39 is 5.91 Å². The van der Waals surface area contributed by atoms with Gasteiger partial charge >= 0.3 is 0 Å². The summed E-state index contributed by atoms with van der Waals surface area (Å²) in [6.07, 6.45) is 3.51. The van der Waals surface area contributed by atoms with Crippen molar-refractivity contribution >= 4 is 12.0 Å². The lowest BCUT2D eigenvalue weighted by Gasteiger charge is -2.26. The standard InChI is InChI=1S/C22H29N3O5/c1-27-20-5-4-17(14-21(20)30-12-8-25-6-10-28-11-7-25)13-18(15-23)22(26)24-16-19-3-2-9-29-19/h4-5,13-14,19H,2-3,6-12,16H2,1H3,(H,24,26)/b18-13+/t19-/m1/s1. The number of ether oxygens (including phenoxy) is 4. The van der Waals surface area contributed by atoms with Crippen LogP contribution in [0.3, 0.4) is 0 Å². The summed E-state index contributed by atoms with van der Waals surface area (Å²) in [5.74, 6) is 0.783. The maximum Gasteiger partial charge on any atom is 0.262 e. The number of methoxy groups -OCH3 is 1. The molecule has 2 fully saturated rings. The van der Waals surface area contributed by atoms with E-state index in [1.54, 1.807) is 31.4 Å². The lowest BCUT2D eigenvalue weighted by Crippen LogP contribution is -2.38. The monoisotopic (exact) mass is 415 g/mol. The van der Waals surface area contributed by atoms with Crippen molar-refractivity contribution in [2.45, 2.75) is 18.9 Å². The fraction of sp³-hybridized carbons (Fsp3) is 0.545. The van der Waals surface area contributed by atoms with Crippen LogP contribution in [0, 0.1) is 11.3 Å². The van der Waals surface area contributed by atoms with Gasteiger partial charge in [0.25, 0.3) is 5.91 Å². The predicted octanol–water partition coefficient (Wildman–Crippen LogP) is 1.61. The van der Waals surface area contributed by atoms with Crippen LogP contribution in [0.4, 0.5) is 0 Å². The van der Waals surface area contributed by atoms with Gasteiger partial charge in [-0.2, -0.15) is 5.26 Å². The number of nitrogens with one attached hydrogen (secondary N) is 1. The molecule has 0 saturated carbocycles. The van der Waals surface area contributed by atoms with Gasteiger partial charge in [0.1, 0.15) is 18.2 Å². The number of rotatable bonds is 9. The highest BCUT2D eigenvalue weighted by Gasteiger charge is 2.18. The zero-order valence-corrected chi connectivity index (χ0v) is 17.4. The van der Waals surface area contributed by atoms with Gasteiger partial charge in [-0.05, 0) is 36.6 Å². The molecule has 0 unspecified atom stereocenters. The molecule has 1 amide bonds. The Bertz CT molecular complexity index is 777. The molecule has 0 radical (unpaired) electrons. The van der Waals surface area contributed by atoms with Crippen LogP contribution in [0.2, 0.25) is 0 Å². The number of nitriles is 1. The van der Waals surface area contributed by atoms with Crippen molar-refractivity contribution in [2.75, 3.05) is 59.7 Å². The Morgan fingerprint density at radius 3 is 2.87 bits per heavy atom. The Morgan fingerprint density at radius 1 is 1.33 bits per heavy atom. The van der Waals surface area contributed by atoms with Gasteiger partial charge in [0.05, 0.1) is 26.4 Å². The number of amides is 1. The van der Waals surface area contributed by atoms with Crippen molar-refractivity contribution < 1.29 is 23.7 Å². The molecular formula is C22H29N3O5. The van der Waals surface area contributed by atoms with Gasteiger partial charge in [0, 0.05) is 32.8 Å². The Balaban J connectivity index is 1.61. The topological polar surface area (TPSA) is 93.0 Å². The average Bonchev–Trinajstić information content (AvgIpc) is 3.30. The van der Waals surface area contributed by atoms with Gasteiger partial charge in [0.2, 0.25) is 0 Å². The van der Waals surface area contributed by atoms with Crippen LogP contribution in [0.15, 0.2) is 23.8 Å². The first kappa shape index (κ1) is 22.1. The first-order valence-electron chi connectivity index (χ1n) is 10.3. The largest absolute Gasteiger partial charge is 0.493 e. The minimum atomic E-state index is -0.404.